The second-order valence-electron chi connectivity index (χ2n) is 15.1. The summed E-state index contributed by atoms with van der Waals surface area (Å²) in [5.41, 5.74) is 13.2. The van der Waals surface area contributed by atoms with Crippen molar-refractivity contribution in [2.45, 2.75) is 104 Å². The average molecular weight is 603 g/mol. The average Bonchev–Trinajstić information content (AvgIpc) is 2.86. The van der Waals surface area contributed by atoms with Gasteiger partial charge >= 0.3 is 219 Å². The molecule has 0 saturated heterocycles. The Morgan fingerprint density at radius 2 is 0.854 bits per heavy atom. The van der Waals surface area contributed by atoms with Crippen molar-refractivity contribution in [1.82, 2.24) is 0 Å². The van der Waals surface area contributed by atoms with Gasteiger partial charge in [-0.3, -0.25) is 0 Å². The van der Waals surface area contributed by atoms with Crippen molar-refractivity contribution in [2.24, 2.45) is 0 Å². The van der Waals surface area contributed by atoms with Gasteiger partial charge in [-0.15, -0.1) is 0 Å². The van der Waals surface area contributed by atoms with E-state index in [0.717, 1.165) is 12.8 Å². The molecule has 0 bridgehead atoms. The molecule has 0 unspecified atom stereocenters. The van der Waals surface area contributed by atoms with E-state index >= 15 is 0 Å². The standard InChI is InChI=1S/C40H50Ge/c1-28-16-29(22-34(17-28)38(2,3)4)18-30-19-31(24-35(23-30)39(5,6)7)20-32-21-33(26-36(25-32)40(8,9)10)27-41-37-14-12-11-13-15-37/h11-17,19,21-26H,18,20,27H2,1-10H3. The normalized spacial score (nSPS) is 12.5. The molecule has 0 fully saturated rings. The van der Waals surface area contributed by atoms with Crippen LogP contribution >= 0.6 is 0 Å². The molecule has 41 heavy (non-hydrogen) atoms. The fourth-order valence-corrected chi connectivity index (χ4v) is 7.61. The minimum Gasteiger partial charge on any atom is -0.0561 e. The van der Waals surface area contributed by atoms with Crippen LogP contribution in [0.4, 0.5) is 0 Å². The van der Waals surface area contributed by atoms with Gasteiger partial charge in [-0.2, -0.15) is 0 Å². The summed E-state index contributed by atoms with van der Waals surface area (Å²) in [6.07, 6.45) is 1.94. The molecule has 0 aliphatic rings. The Balaban J connectivity index is 1.69. The molecule has 2 radical (unpaired) electrons. The van der Waals surface area contributed by atoms with Crippen LogP contribution in [0.15, 0.2) is 84.9 Å². The number of hydrogen-bond acceptors (Lipinski definition) is 0. The summed E-state index contributed by atoms with van der Waals surface area (Å²) in [5.74, 6) is 0. The van der Waals surface area contributed by atoms with Crippen molar-refractivity contribution in [3.8, 4) is 0 Å². The van der Waals surface area contributed by atoms with Crippen molar-refractivity contribution in [3.05, 3.63) is 135 Å². The van der Waals surface area contributed by atoms with Crippen molar-refractivity contribution in [1.29, 1.82) is 0 Å². The van der Waals surface area contributed by atoms with Crippen LogP contribution < -0.4 is 4.40 Å². The molecular formula is C40H50Ge. The van der Waals surface area contributed by atoms with Crippen LogP contribution in [0.1, 0.15) is 112 Å². The minimum atomic E-state index is -0.197. The van der Waals surface area contributed by atoms with Gasteiger partial charge in [0.2, 0.25) is 0 Å². The predicted octanol–water partition coefficient (Wildman–Crippen LogP) is 9.60. The van der Waals surface area contributed by atoms with Crippen LogP contribution in [0, 0.1) is 6.92 Å². The molecule has 0 spiro atoms. The van der Waals surface area contributed by atoms with Gasteiger partial charge in [-0.05, 0) is 12.3 Å². The maximum absolute atomic E-state index is 2.49. The van der Waals surface area contributed by atoms with Crippen LogP contribution in [0.5, 0.6) is 0 Å². The van der Waals surface area contributed by atoms with Gasteiger partial charge in [-0.1, -0.05) is 26.8 Å². The van der Waals surface area contributed by atoms with E-state index in [2.05, 4.69) is 154 Å². The summed E-state index contributed by atoms with van der Waals surface area (Å²) in [6.45, 7) is 23.2. The number of rotatable bonds is 7. The Morgan fingerprint density at radius 3 is 1.32 bits per heavy atom. The quantitative estimate of drug-likeness (QED) is 0.185. The SMILES string of the molecule is Cc1cc(Cc2cc(Cc3cc([CH2][Ge][c]4ccccc4)cc(C(C)(C)C)c3)cc(C(C)(C)C)c2)cc(C(C)(C)C)c1. The zero-order chi connectivity index (χ0) is 30.0. The van der Waals surface area contributed by atoms with Crippen LogP contribution in [0.2, 0.25) is 0 Å². The fourth-order valence-electron chi connectivity index (χ4n) is 5.43. The molecule has 0 heterocycles. The van der Waals surface area contributed by atoms with E-state index in [0.29, 0.717) is 0 Å². The van der Waals surface area contributed by atoms with E-state index in [1.165, 1.54) is 59.7 Å². The molecule has 0 nitrogen and oxygen atoms in total. The predicted molar refractivity (Wildman–Crippen MR) is 181 cm³/mol. The van der Waals surface area contributed by atoms with Gasteiger partial charge in [-0.25, -0.2) is 0 Å². The Labute approximate surface area is 257 Å². The minimum absolute atomic E-state index is 0.104. The summed E-state index contributed by atoms with van der Waals surface area (Å²) in [7, 11) is 0. The third-order valence-corrected chi connectivity index (χ3v) is 10.7. The van der Waals surface area contributed by atoms with Crippen molar-refractivity contribution in [3.63, 3.8) is 0 Å². The number of benzene rings is 4. The van der Waals surface area contributed by atoms with Crippen LogP contribution in [0.25, 0.3) is 0 Å². The summed E-state index contributed by atoms with van der Waals surface area (Å²) in [5, 5.41) is 1.19. The first-order valence-corrected chi connectivity index (χ1v) is 17.8. The topological polar surface area (TPSA) is 0 Å². The zero-order valence-electron chi connectivity index (χ0n) is 27.2. The molecule has 0 N–H and O–H groups in total. The molecule has 4 rings (SSSR count). The second-order valence-corrected chi connectivity index (χ2v) is 17.8. The third-order valence-electron chi connectivity index (χ3n) is 7.93. The zero-order valence-corrected chi connectivity index (χ0v) is 29.3. The maximum atomic E-state index is 2.49. The Morgan fingerprint density at radius 1 is 0.463 bits per heavy atom. The van der Waals surface area contributed by atoms with E-state index in [1.807, 2.05) is 0 Å². The van der Waals surface area contributed by atoms with E-state index in [1.54, 1.807) is 0 Å². The fraction of sp³-hybridized carbons (Fsp3) is 0.400. The van der Waals surface area contributed by atoms with Crippen molar-refractivity contribution >= 4 is 19.8 Å². The molecule has 0 aliphatic carbocycles. The number of hydrogen-bond donors (Lipinski definition) is 0. The molecule has 214 valence electrons. The molecule has 0 amide bonds. The molecule has 0 atom stereocenters. The Kier molecular flexibility index (Phi) is 9.44. The monoisotopic (exact) mass is 604 g/mol. The Hall–Kier alpha value is -2.58. The van der Waals surface area contributed by atoms with Gasteiger partial charge in [0.25, 0.3) is 0 Å². The van der Waals surface area contributed by atoms with E-state index < -0.39 is 0 Å². The summed E-state index contributed by atoms with van der Waals surface area (Å²) in [4.78, 5) is 0. The van der Waals surface area contributed by atoms with Gasteiger partial charge in [0.1, 0.15) is 0 Å². The van der Waals surface area contributed by atoms with Crippen LogP contribution in [-0.2, 0) is 34.3 Å². The van der Waals surface area contributed by atoms with Crippen molar-refractivity contribution < 1.29 is 0 Å². The number of aryl methyl sites for hydroxylation is 1. The van der Waals surface area contributed by atoms with Crippen molar-refractivity contribution in [2.75, 3.05) is 0 Å². The molecular weight excluding hydrogens is 553 g/mol. The third kappa shape index (κ3) is 8.95. The summed E-state index contributed by atoms with van der Waals surface area (Å²) >= 11 is -0.197. The van der Waals surface area contributed by atoms with Gasteiger partial charge < -0.3 is 0 Å². The summed E-state index contributed by atoms with van der Waals surface area (Å²) in [6, 6.07) is 33.0. The Bertz CT molecular complexity index is 1470. The first-order valence-electron chi connectivity index (χ1n) is 15.2. The smallest absolute Gasteiger partial charge is 0.0561 e. The first kappa shape index (κ1) is 31.4. The van der Waals surface area contributed by atoms with Gasteiger partial charge in [0.15, 0.2) is 0 Å². The molecule has 4 aromatic rings. The van der Waals surface area contributed by atoms with Crippen LogP contribution in [0.3, 0.4) is 0 Å². The van der Waals surface area contributed by atoms with Crippen LogP contribution in [-0.4, -0.2) is 15.4 Å². The van der Waals surface area contributed by atoms with Gasteiger partial charge in [0, 0.05) is 0 Å². The van der Waals surface area contributed by atoms with E-state index in [4.69, 9.17) is 0 Å². The molecule has 0 saturated carbocycles. The molecule has 1 heteroatoms. The van der Waals surface area contributed by atoms with Gasteiger partial charge in [0.05, 0.1) is 0 Å². The molecule has 0 aliphatic heterocycles. The first-order chi connectivity index (χ1) is 19.1. The molecule has 4 aromatic carbocycles. The van der Waals surface area contributed by atoms with E-state index in [-0.39, 0.29) is 31.7 Å². The molecule has 0 aromatic heterocycles. The van der Waals surface area contributed by atoms with E-state index in [9.17, 15) is 0 Å². The summed E-state index contributed by atoms with van der Waals surface area (Å²) < 4.78 is 1.53. The second kappa shape index (κ2) is 12.3.